The Bertz CT molecular complexity index is 777. The highest BCUT2D eigenvalue weighted by Gasteiger charge is 2.39. The first-order valence-corrected chi connectivity index (χ1v) is 10.5. The van der Waals surface area contributed by atoms with Crippen LogP contribution in [0.5, 0.6) is 0 Å². The maximum Gasteiger partial charge on any atom is 0.225 e. The Morgan fingerprint density at radius 2 is 1.93 bits per heavy atom. The van der Waals surface area contributed by atoms with Crippen molar-refractivity contribution < 1.29 is 4.79 Å². The maximum atomic E-state index is 12.9. The monoisotopic (exact) mass is 428 g/mol. The Labute approximate surface area is 168 Å². The van der Waals surface area contributed by atoms with Crippen LogP contribution in [0.2, 0.25) is 0 Å². The first-order chi connectivity index (χ1) is 13.2. The SMILES string of the molecule is O=C(NCC1(c2ccc(Br)cc2)CCC1)[C@H]1CCCN(c2ncccn2)C1. The summed E-state index contributed by atoms with van der Waals surface area (Å²) in [5.74, 6) is 0.893. The van der Waals surface area contributed by atoms with Gasteiger partial charge >= 0.3 is 0 Å². The molecule has 0 unspecified atom stereocenters. The highest BCUT2D eigenvalue weighted by Crippen LogP contribution is 2.43. The third kappa shape index (κ3) is 4.00. The first kappa shape index (κ1) is 18.4. The number of carbonyl (C=O) groups excluding carboxylic acids is 1. The second kappa shape index (κ2) is 7.97. The largest absolute Gasteiger partial charge is 0.355 e. The van der Waals surface area contributed by atoms with Gasteiger partial charge in [0.15, 0.2) is 0 Å². The van der Waals surface area contributed by atoms with Crippen molar-refractivity contribution in [2.45, 2.75) is 37.5 Å². The predicted molar refractivity (Wildman–Crippen MR) is 110 cm³/mol. The molecule has 1 saturated carbocycles. The van der Waals surface area contributed by atoms with Crippen LogP contribution in [-0.4, -0.2) is 35.5 Å². The summed E-state index contributed by atoms with van der Waals surface area (Å²) in [6.07, 6.45) is 8.95. The Kier molecular flexibility index (Phi) is 5.43. The maximum absolute atomic E-state index is 12.9. The smallest absolute Gasteiger partial charge is 0.225 e. The van der Waals surface area contributed by atoms with E-state index in [0.29, 0.717) is 6.54 Å². The number of anilines is 1. The van der Waals surface area contributed by atoms with Gasteiger partial charge in [0.05, 0.1) is 5.92 Å². The number of carbonyl (C=O) groups is 1. The van der Waals surface area contributed by atoms with Crippen molar-refractivity contribution in [1.29, 1.82) is 0 Å². The summed E-state index contributed by atoms with van der Waals surface area (Å²) in [6.45, 7) is 2.34. The van der Waals surface area contributed by atoms with Gasteiger partial charge < -0.3 is 10.2 Å². The third-order valence-electron chi connectivity index (χ3n) is 6.00. The topological polar surface area (TPSA) is 58.1 Å². The molecule has 1 aliphatic heterocycles. The predicted octanol–water partition coefficient (Wildman–Crippen LogP) is 3.69. The van der Waals surface area contributed by atoms with Gasteiger partial charge in [-0.2, -0.15) is 0 Å². The van der Waals surface area contributed by atoms with Gasteiger partial charge in [-0.15, -0.1) is 0 Å². The molecule has 0 spiro atoms. The number of rotatable bonds is 5. The van der Waals surface area contributed by atoms with E-state index >= 15 is 0 Å². The molecule has 1 aliphatic carbocycles. The summed E-state index contributed by atoms with van der Waals surface area (Å²) in [5.41, 5.74) is 1.44. The molecule has 1 N–H and O–H groups in total. The molecule has 4 rings (SSSR count). The molecule has 1 amide bonds. The molecule has 0 radical (unpaired) electrons. The van der Waals surface area contributed by atoms with Gasteiger partial charge in [0.2, 0.25) is 11.9 Å². The normalized spacial score (nSPS) is 21.4. The standard InChI is InChI=1S/C21H25BrN4O/c22-18-7-5-17(6-8-18)21(9-2-10-21)15-25-19(27)16-4-1-13-26(14-16)20-23-11-3-12-24-20/h3,5-8,11-12,16H,1-2,4,9-10,13-15H2,(H,25,27)/t16-/m0/s1. The van der Waals surface area contributed by atoms with Crippen LogP contribution in [0.15, 0.2) is 47.2 Å². The summed E-state index contributed by atoms with van der Waals surface area (Å²) in [6, 6.07) is 10.4. The van der Waals surface area contributed by atoms with Gasteiger partial charge in [0, 0.05) is 41.9 Å². The molecule has 5 nitrogen and oxygen atoms in total. The van der Waals surface area contributed by atoms with Crippen molar-refractivity contribution in [3.63, 3.8) is 0 Å². The fraction of sp³-hybridized carbons (Fsp3) is 0.476. The molecule has 2 aliphatic rings. The van der Waals surface area contributed by atoms with Gasteiger partial charge in [-0.3, -0.25) is 4.79 Å². The zero-order chi connectivity index (χ0) is 18.7. The molecule has 142 valence electrons. The number of hydrogen-bond donors (Lipinski definition) is 1. The van der Waals surface area contributed by atoms with E-state index in [-0.39, 0.29) is 17.2 Å². The van der Waals surface area contributed by atoms with Crippen LogP contribution in [0.25, 0.3) is 0 Å². The van der Waals surface area contributed by atoms with E-state index in [0.717, 1.165) is 49.2 Å². The molecule has 0 bridgehead atoms. The fourth-order valence-corrected chi connectivity index (χ4v) is 4.47. The van der Waals surface area contributed by atoms with Crippen LogP contribution in [0, 0.1) is 5.92 Å². The summed E-state index contributed by atoms with van der Waals surface area (Å²) < 4.78 is 1.09. The van der Waals surface area contributed by atoms with E-state index in [4.69, 9.17) is 0 Å². The minimum atomic E-state index is 0.00426. The van der Waals surface area contributed by atoms with Gasteiger partial charge in [-0.1, -0.05) is 34.5 Å². The molecule has 27 heavy (non-hydrogen) atoms. The van der Waals surface area contributed by atoms with Crippen LogP contribution < -0.4 is 10.2 Å². The summed E-state index contributed by atoms with van der Waals surface area (Å²) in [4.78, 5) is 23.6. The van der Waals surface area contributed by atoms with Gasteiger partial charge in [-0.25, -0.2) is 9.97 Å². The minimum Gasteiger partial charge on any atom is -0.355 e. The third-order valence-corrected chi connectivity index (χ3v) is 6.52. The number of halogens is 1. The van der Waals surface area contributed by atoms with E-state index in [1.54, 1.807) is 12.4 Å². The van der Waals surface area contributed by atoms with E-state index < -0.39 is 0 Å². The number of nitrogens with one attached hydrogen (secondary N) is 1. The van der Waals surface area contributed by atoms with Crippen LogP contribution >= 0.6 is 15.9 Å². The van der Waals surface area contributed by atoms with Gasteiger partial charge in [0.25, 0.3) is 0 Å². The highest BCUT2D eigenvalue weighted by molar-refractivity contribution is 9.10. The van der Waals surface area contributed by atoms with Crippen molar-refractivity contribution in [2.24, 2.45) is 5.92 Å². The minimum absolute atomic E-state index is 0.00426. The molecular formula is C21H25BrN4O. The average molecular weight is 429 g/mol. The lowest BCUT2D eigenvalue weighted by Gasteiger charge is -2.43. The second-order valence-corrected chi connectivity index (χ2v) is 8.61. The van der Waals surface area contributed by atoms with Crippen molar-refractivity contribution in [1.82, 2.24) is 15.3 Å². The number of amides is 1. The highest BCUT2D eigenvalue weighted by atomic mass is 79.9. The zero-order valence-electron chi connectivity index (χ0n) is 15.4. The quantitative estimate of drug-likeness (QED) is 0.788. The van der Waals surface area contributed by atoms with Crippen LogP contribution in [-0.2, 0) is 10.2 Å². The lowest BCUT2D eigenvalue weighted by atomic mass is 9.64. The van der Waals surface area contributed by atoms with Gasteiger partial charge in [0.1, 0.15) is 0 Å². The summed E-state index contributed by atoms with van der Waals surface area (Å²) in [7, 11) is 0. The molecule has 2 fully saturated rings. The van der Waals surface area contributed by atoms with Crippen molar-refractivity contribution >= 4 is 27.8 Å². The fourth-order valence-electron chi connectivity index (χ4n) is 4.20. The zero-order valence-corrected chi connectivity index (χ0v) is 17.0. The van der Waals surface area contributed by atoms with E-state index in [2.05, 4.69) is 60.4 Å². The summed E-state index contributed by atoms with van der Waals surface area (Å²) >= 11 is 3.51. The summed E-state index contributed by atoms with van der Waals surface area (Å²) in [5, 5.41) is 3.26. The Balaban J connectivity index is 1.38. The van der Waals surface area contributed by atoms with Gasteiger partial charge in [-0.05, 0) is 49.4 Å². The lowest BCUT2D eigenvalue weighted by molar-refractivity contribution is -0.125. The van der Waals surface area contributed by atoms with Crippen LogP contribution in [0.1, 0.15) is 37.7 Å². The van der Waals surface area contributed by atoms with Crippen molar-refractivity contribution in [3.8, 4) is 0 Å². The molecule has 1 saturated heterocycles. The molecule has 6 heteroatoms. The van der Waals surface area contributed by atoms with E-state index in [1.165, 1.54) is 12.0 Å². The Morgan fingerprint density at radius 1 is 1.19 bits per heavy atom. The average Bonchev–Trinajstić information content (AvgIpc) is 2.69. The number of piperidine rings is 1. The number of benzene rings is 1. The van der Waals surface area contributed by atoms with Crippen LogP contribution in [0.3, 0.4) is 0 Å². The lowest BCUT2D eigenvalue weighted by Crippen LogP contribution is -2.49. The number of aromatic nitrogens is 2. The van der Waals surface area contributed by atoms with Crippen molar-refractivity contribution in [2.75, 3.05) is 24.5 Å². The first-order valence-electron chi connectivity index (χ1n) is 9.72. The van der Waals surface area contributed by atoms with Crippen LogP contribution in [0.4, 0.5) is 5.95 Å². The number of nitrogens with zero attached hydrogens (tertiary/aromatic N) is 3. The van der Waals surface area contributed by atoms with E-state index in [9.17, 15) is 4.79 Å². The molecule has 1 aromatic carbocycles. The Hall–Kier alpha value is -1.95. The molecule has 1 aromatic heterocycles. The molecule has 2 heterocycles. The van der Waals surface area contributed by atoms with Crippen molar-refractivity contribution in [3.05, 3.63) is 52.8 Å². The molecular weight excluding hydrogens is 404 g/mol. The number of hydrogen-bond acceptors (Lipinski definition) is 4. The van der Waals surface area contributed by atoms with E-state index in [1.807, 2.05) is 6.07 Å². The molecule has 1 atom stereocenters. The molecule has 2 aromatic rings. The Morgan fingerprint density at radius 3 is 2.59 bits per heavy atom. The second-order valence-electron chi connectivity index (χ2n) is 7.69.